The number of carbonyl (C=O) groups is 1. The van der Waals surface area contributed by atoms with Crippen LogP contribution in [0.15, 0.2) is 0 Å². The molecule has 0 aromatic rings. The van der Waals surface area contributed by atoms with E-state index in [1.807, 2.05) is 35.4 Å². The summed E-state index contributed by atoms with van der Waals surface area (Å²) in [5, 5.41) is 0. The molecule has 98 valence electrons. The fourth-order valence-corrected chi connectivity index (χ4v) is 4.12. The Morgan fingerprint density at radius 1 is 1.38 bits per heavy atom. The largest absolute Gasteiger partial charge is 0.299 e. The van der Waals surface area contributed by atoms with Crippen molar-refractivity contribution in [1.29, 1.82) is 0 Å². The Bertz CT molecular complexity index is 210. The van der Waals surface area contributed by atoms with Crippen molar-refractivity contribution in [1.82, 2.24) is 0 Å². The van der Waals surface area contributed by atoms with Crippen LogP contribution in [-0.2, 0) is 4.79 Å². The molecular formula is C13H28OS2. The Balaban J connectivity index is 0. The minimum atomic E-state index is 0. The van der Waals surface area contributed by atoms with Crippen LogP contribution in [0.5, 0.6) is 0 Å². The van der Waals surface area contributed by atoms with Crippen molar-refractivity contribution in [3.63, 3.8) is 0 Å². The summed E-state index contributed by atoms with van der Waals surface area (Å²) in [6.45, 7) is 8.56. The van der Waals surface area contributed by atoms with Crippen LogP contribution < -0.4 is 0 Å². The summed E-state index contributed by atoms with van der Waals surface area (Å²) in [7, 11) is 3.83. The Hall–Kier alpha value is 0.370. The van der Waals surface area contributed by atoms with Crippen LogP contribution in [0.2, 0.25) is 0 Å². The Morgan fingerprint density at radius 2 is 2.00 bits per heavy atom. The van der Waals surface area contributed by atoms with Crippen molar-refractivity contribution < 1.29 is 6.22 Å². The molecule has 0 amide bonds. The van der Waals surface area contributed by atoms with Gasteiger partial charge in [-0.2, -0.15) is 0 Å². The van der Waals surface area contributed by atoms with Gasteiger partial charge in [0.15, 0.2) is 0 Å². The summed E-state index contributed by atoms with van der Waals surface area (Å²) < 4.78 is 0.389. The highest BCUT2D eigenvalue weighted by Crippen LogP contribution is 2.40. The van der Waals surface area contributed by atoms with Crippen molar-refractivity contribution >= 4 is 27.4 Å². The molecule has 0 bridgehead atoms. The first kappa shape index (κ1) is 16.4. The maximum atomic E-state index is 11.5. The molecule has 0 spiro atoms. The van der Waals surface area contributed by atoms with E-state index in [0.717, 1.165) is 12.8 Å². The highest BCUT2D eigenvalue weighted by molar-refractivity contribution is 8.76. The lowest BCUT2D eigenvalue weighted by molar-refractivity contribution is -0.122. The average molecular weight is 264 g/mol. The number of ketones is 1. The van der Waals surface area contributed by atoms with Gasteiger partial charge in [0, 0.05) is 18.5 Å². The molecule has 0 rings (SSSR count). The van der Waals surface area contributed by atoms with Crippen LogP contribution in [0.3, 0.4) is 0 Å². The van der Waals surface area contributed by atoms with Gasteiger partial charge in [-0.15, -0.1) is 0 Å². The molecule has 0 aromatic heterocycles. The van der Waals surface area contributed by atoms with Gasteiger partial charge in [0.05, 0.1) is 0 Å². The Labute approximate surface area is 110 Å². The molecular weight excluding hydrogens is 236 g/mol. The lowest BCUT2D eigenvalue weighted by Crippen LogP contribution is -2.17. The Kier molecular flexibility index (Phi) is 8.65. The predicted molar refractivity (Wildman–Crippen MR) is 80.2 cm³/mol. The highest BCUT2D eigenvalue weighted by atomic mass is 33.1. The number of carbonyl (C=O) groups excluding carboxylic acids is 1. The molecule has 0 aliphatic rings. The third-order valence-corrected chi connectivity index (χ3v) is 5.82. The van der Waals surface area contributed by atoms with Gasteiger partial charge in [-0.3, -0.25) is 4.79 Å². The predicted octanol–water partition coefficient (Wildman–Crippen LogP) is 5.20. The second kappa shape index (κ2) is 8.46. The molecule has 1 atom stereocenters. The van der Waals surface area contributed by atoms with Gasteiger partial charge in [0.2, 0.25) is 0 Å². The van der Waals surface area contributed by atoms with E-state index >= 15 is 0 Å². The van der Waals surface area contributed by atoms with E-state index in [-0.39, 0.29) is 7.34 Å². The van der Waals surface area contributed by atoms with Gasteiger partial charge < -0.3 is 0 Å². The van der Waals surface area contributed by atoms with E-state index in [2.05, 4.69) is 20.1 Å². The molecule has 0 fully saturated rings. The summed E-state index contributed by atoms with van der Waals surface area (Å²) in [5.74, 6) is 0.619. The fraction of sp³-hybridized carbons (Fsp3) is 0.923. The molecule has 0 saturated heterocycles. The maximum absolute atomic E-state index is 11.5. The van der Waals surface area contributed by atoms with Crippen molar-refractivity contribution in [3.05, 3.63) is 0 Å². The second-order valence-electron chi connectivity index (χ2n) is 4.88. The summed E-state index contributed by atoms with van der Waals surface area (Å²) in [5.41, 5.74) is 0. The van der Waals surface area contributed by atoms with Gasteiger partial charge in [-0.05, 0) is 32.4 Å². The van der Waals surface area contributed by atoms with E-state index < -0.39 is 0 Å². The first-order valence-corrected chi connectivity index (χ1v) is 8.75. The molecule has 0 aliphatic carbocycles. The SMILES string of the molecule is CCC(C)(CCCCC(=O)C(C)C)SSC.[HH]. The van der Waals surface area contributed by atoms with E-state index in [1.54, 1.807) is 0 Å². The van der Waals surface area contributed by atoms with Gasteiger partial charge in [0.25, 0.3) is 0 Å². The van der Waals surface area contributed by atoms with E-state index in [0.29, 0.717) is 10.5 Å². The molecule has 1 nitrogen and oxygen atoms in total. The molecule has 0 radical (unpaired) electrons. The first-order valence-electron chi connectivity index (χ1n) is 6.19. The van der Waals surface area contributed by atoms with Gasteiger partial charge in [-0.25, -0.2) is 0 Å². The standard InChI is InChI=1S/C13H26OS2.H2/c1-6-13(4,16-15-5)10-8-7-9-12(14)11(2)3;/h11H,6-10H2,1-5H3;1H. The maximum Gasteiger partial charge on any atom is 0.135 e. The van der Waals surface area contributed by atoms with Crippen molar-refractivity contribution in [2.45, 2.75) is 64.5 Å². The third-order valence-electron chi connectivity index (χ3n) is 3.06. The van der Waals surface area contributed by atoms with E-state index in [4.69, 9.17) is 0 Å². The van der Waals surface area contributed by atoms with Crippen molar-refractivity contribution in [3.8, 4) is 0 Å². The second-order valence-corrected chi connectivity index (χ2v) is 7.87. The van der Waals surface area contributed by atoms with Crippen LogP contribution in [0.25, 0.3) is 0 Å². The van der Waals surface area contributed by atoms with Gasteiger partial charge in [0.1, 0.15) is 5.78 Å². The number of hydrogen-bond acceptors (Lipinski definition) is 3. The molecule has 1 unspecified atom stereocenters. The van der Waals surface area contributed by atoms with Crippen LogP contribution in [0.1, 0.15) is 61.2 Å². The third kappa shape index (κ3) is 6.85. The van der Waals surface area contributed by atoms with Crippen LogP contribution in [0.4, 0.5) is 0 Å². The fourth-order valence-electron chi connectivity index (χ4n) is 1.57. The molecule has 0 N–H and O–H groups in total. The highest BCUT2D eigenvalue weighted by Gasteiger charge is 2.21. The molecule has 0 aromatic carbocycles. The number of Topliss-reactive ketones (excluding diaryl/α,β-unsaturated/α-hetero) is 1. The van der Waals surface area contributed by atoms with E-state index in [1.165, 1.54) is 19.3 Å². The first-order chi connectivity index (χ1) is 7.45. The summed E-state index contributed by atoms with van der Waals surface area (Å²) in [6.07, 6.45) is 7.57. The average Bonchev–Trinajstić information content (AvgIpc) is 2.24. The monoisotopic (exact) mass is 264 g/mol. The van der Waals surface area contributed by atoms with Gasteiger partial charge in [-0.1, -0.05) is 48.8 Å². The molecule has 3 heteroatoms. The molecule has 0 heterocycles. The Morgan fingerprint density at radius 3 is 2.44 bits per heavy atom. The number of hydrogen-bond donors (Lipinski definition) is 0. The zero-order valence-corrected chi connectivity index (χ0v) is 13.0. The summed E-state index contributed by atoms with van der Waals surface area (Å²) >= 11 is 0. The van der Waals surface area contributed by atoms with Crippen molar-refractivity contribution in [2.24, 2.45) is 5.92 Å². The minimum absolute atomic E-state index is 0. The van der Waals surface area contributed by atoms with Crippen LogP contribution in [0, 0.1) is 5.92 Å². The number of unbranched alkanes of at least 4 members (excludes halogenated alkanes) is 1. The van der Waals surface area contributed by atoms with Crippen LogP contribution >= 0.6 is 21.6 Å². The normalized spacial score (nSPS) is 15.1. The smallest absolute Gasteiger partial charge is 0.135 e. The minimum Gasteiger partial charge on any atom is -0.299 e. The van der Waals surface area contributed by atoms with Crippen molar-refractivity contribution in [2.75, 3.05) is 6.26 Å². The zero-order chi connectivity index (χ0) is 12.6. The lowest BCUT2D eigenvalue weighted by Gasteiger charge is -2.26. The lowest BCUT2D eigenvalue weighted by atomic mass is 9.97. The summed E-state index contributed by atoms with van der Waals surface area (Å²) in [4.78, 5) is 11.5. The molecule has 0 aliphatic heterocycles. The van der Waals surface area contributed by atoms with Gasteiger partial charge >= 0.3 is 0 Å². The number of rotatable bonds is 9. The summed E-state index contributed by atoms with van der Waals surface area (Å²) in [6, 6.07) is 0. The zero-order valence-electron chi connectivity index (χ0n) is 11.3. The van der Waals surface area contributed by atoms with E-state index in [9.17, 15) is 4.79 Å². The molecule has 16 heavy (non-hydrogen) atoms. The quantitative estimate of drug-likeness (QED) is 0.421. The topological polar surface area (TPSA) is 17.1 Å². The van der Waals surface area contributed by atoms with Crippen LogP contribution in [-0.4, -0.2) is 16.8 Å². The molecule has 0 saturated carbocycles.